The van der Waals surface area contributed by atoms with E-state index in [4.69, 9.17) is 23.8 Å². The normalized spacial score (nSPS) is 10.4. The van der Waals surface area contributed by atoms with Gasteiger partial charge in [-0.1, -0.05) is 78.3 Å². The molecule has 0 unspecified atom stereocenters. The number of hydrogen-bond donors (Lipinski definition) is 1. The lowest BCUT2D eigenvalue weighted by Gasteiger charge is -2.26. The molecule has 0 spiro atoms. The van der Waals surface area contributed by atoms with Crippen LogP contribution in [-0.4, -0.2) is 10.0 Å². The van der Waals surface area contributed by atoms with Crippen molar-refractivity contribution in [2.75, 3.05) is 5.32 Å². The van der Waals surface area contributed by atoms with Crippen LogP contribution in [0.4, 0.5) is 5.69 Å². The number of nitrogens with zero attached hydrogens (tertiary/aromatic N) is 1. The molecule has 0 aliphatic heterocycles. The van der Waals surface area contributed by atoms with Gasteiger partial charge in [0, 0.05) is 13.1 Å². The van der Waals surface area contributed by atoms with Crippen molar-refractivity contribution >= 4 is 34.6 Å². The van der Waals surface area contributed by atoms with Crippen LogP contribution in [0, 0.1) is 6.92 Å². The third kappa shape index (κ3) is 5.07. The van der Waals surface area contributed by atoms with E-state index in [9.17, 15) is 0 Å². The van der Waals surface area contributed by atoms with Crippen LogP contribution < -0.4 is 5.32 Å². The molecule has 26 heavy (non-hydrogen) atoms. The van der Waals surface area contributed by atoms with E-state index in [2.05, 4.69) is 34.5 Å². The summed E-state index contributed by atoms with van der Waals surface area (Å²) in [6.07, 6.45) is 0. The first-order valence-electron chi connectivity index (χ1n) is 8.52. The highest BCUT2D eigenvalue weighted by atomic mass is 35.5. The first-order chi connectivity index (χ1) is 12.6. The summed E-state index contributed by atoms with van der Waals surface area (Å²) < 4.78 is 0. The lowest BCUT2D eigenvalue weighted by Crippen LogP contribution is -2.33. The Morgan fingerprint density at radius 3 is 1.96 bits per heavy atom. The molecule has 3 aromatic rings. The van der Waals surface area contributed by atoms with Gasteiger partial charge in [-0.05, 0) is 48.0 Å². The molecule has 0 bridgehead atoms. The van der Waals surface area contributed by atoms with Crippen molar-refractivity contribution in [1.82, 2.24) is 4.90 Å². The molecule has 0 aliphatic rings. The highest BCUT2D eigenvalue weighted by Gasteiger charge is 2.13. The van der Waals surface area contributed by atoms with Crippen LogP contribution in [0.1, 0.15) is 16.7 Å². The molecule has 0 saturated carbocycles. The van der Waals surface area contributed by atoms with E-state index < -0.39 is 0 Å². The van der Waals surface area contributed by atoms with E-state index in [0.717, 1.165) is 24.3 Å². The SMILES string of the molecule is Cc1ccc(Cl)c(NC(=S)N(Cc2ccccc2)Cc2ccccc2)c1. The highest BCUT2D eigenvalue weighted by molar-refractivity contribution is 7.80. The molecule has 4 heteroatoms. The van der Waals surface area contributed by atoms with Gasteiger partial charge < -0.3 is 10.2 Å². The van der Waals surface area contributed by atoms with Crippen LogP contribution in [0.5, 0.6) is 0 Å². The van der Waals surface area contributed by atoms with Gasteiger partial charge in [0.1, 0.15) is 0 Å². The fourth-order valence-electron chi connectivity index (χ4n) is 2.74. The van der Waals surface area contributed by atoms with Crippen molar-refractivity contribution in [1.29, 1.82) is 0 Å². The molecule has 0 atom stereocenters. The Morgan fingerprint density at radius 1 is 0.885 bits per heavy atom. The van der Waals surface area contributed by atoms with Gasteiger partial charge in [-0.15, -0.1) is 0 Å². The fraction of sp³-hybridized carbons (Fsp3) is 0.136. The van der Waals surface area contributed by atoms with Gasteiger partial charge in [0.2, 0.25) is 0 Å². The lowest BCUT2D eigenvalue weighted by atomic mass is 10.2. The van der Waals surface area contributed by atoms with E-state index in [1.807, 2.05) is 61.5 Å². The molecule has 0 aliphatic carbocycles. The summed E-state index contributed by atoms with van der Waals surface area (Å²) in [5, 5.41) is 4.64. The minimum absolute atomic E-state index is 0.658. The molecule has 0 amide bonds. The number of halogens is 1. The van der Waals surface area contributed by atoms with E-state index in [-0.39, 0.29) is 0 Å². The number of hydrogen-bond acceptors (Lipinski definition) is 1. The molecule has 0 aromatic heterocycles. The highest BCUT2D eigenvalue weighted by Crippen LogP contribution is 2.23. The summed E-state index contributed by atoms with van der Waals surface area (Å²) in [7, 11) is 0. The molecule has 0 heterocycles. The molecular weight excluding hydrogens is 360 g/mol. The fourth-order valence-corrected chi connectivity index (χ4v) is 3.14. The summed E-state index contributed by atoms with van der Waals surface area (Å²) >= 11 is 12.0. The van der Waals surface area contributed by atoms with Crippen molar-refractivity contribution in [3.05, 3.63) is 101 Å². The summed E-state index contributed by atoms with van der Waals surface area (Å²) in [6, 6.07) is 26.6. The van der Waals surface area contributed by atoms with Crippen molar-refractivity contribution in [3.8, 4) is 0 Å². The Balaban J connectivity index is 1.81. The van der Waals surface area contributed by atoms with Gasteiger partial charge in [0.15, 0.2) is 5.11 Å². The topological polar surface area (TPSA) is 15.3 Å². The van der Waals surface area contributed by atoms with Crippen molar-refractivity contribution in [2.24, 2.45) is 0 Å². The second kappa shape index (κ2) is 8.84. The second-order valence-electron chi connectivity index (χ2n) is 6.24. The zero-order valence-electron chi connectivity index (χ0n) is 14.7. The molecule has 1 N–H and O–H groups in total. The summed E-state index contributed by atoms with van der Waals surface area (Å²) in [4.78, 5) is 2.15. The Bertz CT molecular complexity index is 824. The van der Waals surface area contributed by atoms with E-state index in [1.165, 1.54) is 11.1 Å². The number of benzene rings is 3. The Hall–Kier alpha value is -2.36. The molecular formula is C22H21ClN2S. The largest absolute Gasteiger partial charge is 0.340 e. The summed E-state index contributed by atoms with van der Waals surface area (Å²) in [6.45, 7) is 3.49. The second-order valence-corrected chi connectivity index (χ2v) is 7.03. The minimum atomic E-state index is 0.658. The maximum absolute atomic E-state index is 6.32. The molecule has 0 radical (unpaired) electrons. The molecule has 132 valence electrons. The van der Waals surface area contributed by atoms with Crippen molar-refractivity contribution < 1.29 is 0 Å². The Labute approximate surface area is 165 Å². The maximum Gasteiger partial charge on any atom is 0.174 e. The average molecular weight is 381 g/mol. The summed E-state index contributed by atoms with van der Waals surface area (Å²) in [5.74, 6) is 0. The smallest absolute Gasteiger partial charge is 0.174 e. The van der Waals surface area contributed by atoms with Gasteiger partial charge >= 0.3 is 0 Å². The lowest BCUT2D eigenvalue weighted by molar-refractivity contribution is 0.413. The maximum atomic E-state index is 6.32. The van der Waals surface area contributed by atoms with Crippen LogP contribution in [0.15, 0.2) is 78.9 Å². The standard InChI is InChI=1S/C22H21ClN2S/c1-17-12-13-20(23)21(14-17)24-22(26)25(15-18-8-4-2-5-9-18)16-19-10-6-3-7-11-19/h2-14H,15-16H2,1H3,(H,24,26). The molecule has 0 saturated heterocycles. The minimum Gasteiger partial charge on any atom is -0.340 e. The van der Waals surface area contributed by atoms with Crippen LogP contribution >= 0.6 is 23.8 Å². The molecule has 0 fully saturated rings. The molecule has 3 rings (SSSR count). The predicted molar refractivity (Wildman–Crippen MR) is 115 cm³/mol. The van der Waals surface area contributed by atoms with Crippen molar-refractivity contribution in [3.63, 3.8) is 0 Å². The van der Waals surface area contributed by atoms with Crippen LogP contribution in [0.2, 0.25) is 5.02 Å². The third-order valence-electron chi connectivity index (χ3n) is 4.08. The number of rotatable bonds is 5. The number of thiocarbonyl (C=S) groups is 1. The predicted octanol–water partition coefficient (Wildman–Crippen LogP) is 6.05. The third-order valence-corrected chi connectivity index (χ3v) is 4.77. The zero-order valence-corrected chi connectivity index (χ0v) is 16.2. The monoisotopic (exact) mass is 380 g/mol. The number of aryl methyl sites for hydroxylation is 1. The van der Waals surface area contributed by atoms with Gasteiger partial charge in [-0.25, -0.2) is 0 Å². The van der Waals surface area contributed by atoms with Gasteiger partial charge in [0.05, 0.1) is 10.7 Å². The van der Waals surface area contributed by atoms with E-state index in [1.54, 1.807) is 0 Å². The first kappa shape index (κ1) is 18.4. The quantitative estimate of drug-likeness (QED) is 0.542. The first-order valence-corrected chi connectivity index (χ1v) is 9.30. The van der Waals surface area contributed by atoms with Crippen LogP contribution in [-0.2, 0) is 13.1 Å². The van der Waals surface area contributed by atoms with E-state index >= 15 is 0 Å². The number of anilines is 1. The number of nitrogens with one attached hydrogen (secondary N) is 1. The van der Waals surface area contributed by atoms with Gasteiger partial charge in [-0.3, -0.25) is 0 Å². The van der Waals surface area contributed by atoms with Gasteiger partial charge in [-0.2, -0.15) is 0 Å². The Morgan fingerprint density at radius 2 is 1.42 bits per heavy atom. The summed E-state index contributed by atoms with van der Waals surface area (Å²) in [5.41, 5.74) is 4.39. The molecule has 3 aromatic carbocycles. The zero-order chi connectivity index (χ0) is 18.4. The van der Waals surface area contributed by atoms with E-state index in [0.29, 0.717) is 10.1 Å². The molecule has 2 nitrogen and oxygen atoms in total. The van der Waals surface area contributed by atoms with Gasteiger partial charge in [0.25, 0.3) is 0 Å². The average Bonchev–Trinajstić information content (AvgIpc) is 2.66. The van der Waals surface area contributed by atoms with Crippen molar-refractivity contribution in [2.45, 2.75) is 20.0 Å². The van der Waals surface area contributed by atoms with Crippen LogP contribution in [0.25, 0.3) is 0 Å². The Kier molecular flexibility index (Phi) is 6.26. The van der Waals surface area contributed by atoms with Crippen LogP contribution in [0.3, 0.4) is 0 Å².